The molecule has 0 aromatic heterocycles. The van der Waals surface area contributed by atoms with Gasteiger partial charge in [-0.3, -0.25) is 9.59 Å². The second-order valence-corrected chi connectivity index (χ2v) is 2.62. The van der Waals surface area contributed by atoms with Crippen LogP contribution < -0.4 is 5.73 Å². The highest BCUT2D eigenvalue weighted by molar-refractivity contribution is 5.79. The van der Waals surface area contributed by atoms with Crippen molar-refractivity contribution in [2.75, 3.05) is 0 Å². The quantitative estimate of drug-likeness (QED) is 0.452. The third-order valence-corrected chi connectivity index (χ3v) is 1.61. The number of carbonyl (C=O) groups is 2. The Bertz CT molecular complexity index is 147. The van der Waals surface area contributed by atoms with E-state index in [-0.39, 0.29) is 6.47 Å². The zero-order chi connectivity index (χ0) is 9.40. The lowest BCUT2D eigenvalue weighted by atomic mass is 10.1. The van der Waals surface area contributed by atoms with Crippen molar-refractivity contribution >= 4 is 12.4 Å². The van der Waals surface area contributed by atoms with Crippen LogP contribution in [-0.4, -0.2) is 18.5 Å². The Morgan fingerprint density at radius 1 is 1.58 bits per heavy atom. The van der Waals surface area contributed by atoms with Crippen LogP contribution >= 0.6 is 0 Å². The molecule has 0 spiro atoms. The van der Waals surface area contributed by atoms with Gasteiger partial charge in [0.1, 0.15) is 0 Å². The molecular formula is C8H15NO3. The van der Waals surface area contributed by atoms with Gasteiger partial charge < -0.3 is 10.5 Å². The summed E-state index contributed by atoms with van der Waals surface area (Å²) in [5, 5.41) is 0. The maximum Gasteiger partial charge on any atom is 0.293 e. The Morgan fingerprint density at radius 2 is 2.25 bits per heavy atom. The van der Waals surface area contributed by atoms with Crippen molar-refractivity contribution in [3.05, 3.63) is 0 Å². The van der Waals surface area contributed by atoms with Crippen LogP contribution in [0.2, 0.25) is 0 Å². The molecule has 4 heteroatoms. The summed E-state index contributed by atoms with van der Waals surface area (Å²) in [6, 6.07) is 0. The third kappa shape index (κ3) is 4.71. The van der Waals surface area contributed by atoms with Crippen molar-refractivity contribution in [2.45, 2.75) is 38.7 Å². The highest BCUT2D eigenvalue weighted by Gasteiger charge is 2.14. The molecule has 4 nitrogen and oxygen atoms in total. The fraction of sp³-hybridized carbons (Fsp3) is 0.750. The van der Waals surface area contributed by atoms with E-state index in [0.717, 1.165) is 19.3 Å². The SMILES string of the molecule is CCCCCC(OC=O)C(N)=O. The molecule has 0 aliphatic rings. The minimum Gasteiger partial charge on any atom is -0.454 e. The van der Waals surface area contributed by atoms with Crippen LogP contribution in [0.25, 0.3) is 0 Å². The third-order valence-electron chi connectivity index (χ3n) is 1.61. The number of hydrogen-bond donors (Lipinski definition) is 1. The molecule has 0 aromatic carbocycles. The van der Waals surface area contributed by atoms with Gasteiger partial charge in [0.2, 0.25) is 0 Å². The molecule has 0 fully saturated rings. The van der Waals surface area contributed by atoms with Crippen LogP contribution in [0.3, 0.4) is 0 Å². The molecule has 1 amide bonds. The molecule has 2 N–H and O–H groups in total. The number of carbonyl (C=O) groups excluding carboxylic acids is 2. The van der Waals surface area contributed by atoms with Gasteiger partial charge in [0.25, 0.3) is 12.4 Å². The Morgan fingerprint density at radius 3 is 2.67 bits per heavy atom. The Labute approximate surface area is 72.1 Å². The minimum absolute atomic E-state index is 0.265. The average Bonchev–Trinajstić information content (AvgIpc) is 2.03. The standard InChI is InChI=1S/C8H15NO3/c1-2-3-4-5-7(8(9)11)12-6-10/h6-7H,2-5H2,1H3,(H2,9,11). The predicted molar refractivity (Wildman–Crippen MR) is 44.3 cm³/mol. The number of rotatable bonds is 7. The zero-order valence-electron chi connectivity index (χ0n) is 7.29. The monoisotopic (exact) mass is 173 g/mol. The number of primary amides is 1. The maximum atomic E-state index is 10.6. The minimum atomic E-state index is -0.742. The molecule has 70 valence electrons. The van der Waals surface area contributed by atoms with E-state index < -0.39 is 12.0 Å². The molecular weight excluding hydrogens is 158 g/mol. The summed E-state index contributed by atoms with van der Waals surface area (Å²) in [6.07, 6.45) is 2.73. The topological polar surface area (TPSA) is 69.4 Å². The van der Waals surface area contributed by atoms with Crippen LogP contribution in [-0.2, 0) is 14.3 Å². The highest BCUT2D eigenvalue weighted by Crippen LogP contribution is 2.05. The lowest BCUT2D eigenvalue weighted by molar-refractivity contribution is -0.143. The average molecular weight is 173 g/mol. The molecule has 1 unspecified atom stereocenters. The van der Waals surface area contributed by atoms with Gasteiger partial charge in [0.15, 0.2) is 6.10 Å². The van der Waals surface area contributed by atoms with Gasteiger partial charge in [-0.2, -0.15) is 0 Å². The van der Waals surface area contributed by atoms with Gasteiger partial charge in [-0.25, -0.2) is 0 Å². The summed E-state index contributed by atoms with van der Waals surface area (Å²) >= 11 is 0. The first-order chi connectivity index (χ1) is 5.72. The lowest BCUT2D eigenvalue weighted by Crippen LogP contribution is -2.30. The molecule has 0 saturated heterocycles. The summed E-state index contributed by atoms with van der Waals surface area (Å²) in [7, 11) is 0. The molecule has 0 radical (unpaired) electrons. The highest BCUT2D eigenvalue weighted by atomic mass is 16.5. The molecule has 0 aromatic rings. The fourth-order valence-corrected chi connectivity index (χ4v) is 0.924. The van der Waals surface area contributed by atoms with E-state index in [0.29, 0.717) is 6.42 Å². The zero-order valence-corrected chi connectivity index (χ0v) is 7.29. The predicted octanol–water partition coefficient (Wildman–Crippen LogP) is 0.594. The number of ether oxygens (including phenoxy) is 1. The van der Waals surface area contributed by atoms with Crippen molar-refractivity contribution in [2.24, 2.45) is 5.73 Å². The summed E-state index contributed by atoms with van der Waals surface area (Å²) in [4.78, 5) is 20.5. The molecule has 1 atom stereocenters. The van der Waals surface area contributed by atoms with E-state index in [4.69, 9.17) is 5.73 Å². The van der Waals surface area contributed by atoms with Crippen molar-refractivity contribution in [3.63, 3.8) is 0 Å². The van der Waals surface area contributed by atoms with E-state index >= 15 is 0 Å². The van der Waals surface area contributed by atoms with Crippen molar-refractivity contribution in [1.29, 1.82) is 0 Å². The van der Waals surface area contributed by atoms with Gasteiger partial charge in [-0.15, -0.1) is 0 Å². The van der Waals surface area contributed by atoms with E-state index in [2.05, 4.69) is 11.7 Å². The normalized spacial score (nSPS) is 12.1. The summed E-state index contributed by atoms with van der Waals surface area (Å²) in [6.45, 7) is 2.32. The fourth-order valence-electron chi connectivity index (χ4n) is 0.924. The summed E-state index contributed by atoms with van der Waals surface area (Å²) < 4.78 is 4.49. The smallest absolute Gasteiger partial charge is 0.293 e. The van der Waals surface area contributed by atoms with E-state index in [1.807, 2.05) is 0 Å². The van der Waals surface area contributed by atoms with E-state index in [1.54, 1.807) is 0 Å². The van der Waals surface area contributed by atoms with Crippen LogP contribution in [0.4, 0.5) is 0 Å². The van der Waals surface area contributed by atoms with E-state index in [9.17, 15) is 9.59 Å². The Kier molecular flexibility index (Phi) is 6.05. The molecule has 0 heterocycles. The Balaban J connectivity index is 3.63. The van der Waals surface area contributed by atoms with Crippen LogP contribution in [0.5, 0.6) is 0 Å². The lowest BCUT2D eigenvalue weighted by Gasteiger charge is -2.09. The number of unbranched alkanes of at least 4 members (excludes halogenated alkanes) is 2. The number of nitrogens with two attached hydrogens (primary N) is 1. The van der Waals surface area contributed by atoms with Gasteiger partial charge in [0.05, 0.1) is 0 Å². The first-order valence-corrected chi connectivity index (χ1v) is 4.10. The van der Waals surface area contributed by atoms with Gasteiger partial charge in [-0.05, 0) is 12.8 Å². The first kappa shape index (κ1) is 10.9. The summed E-state index contributed by atoms with van der Waals surface area (Å²) in [5.74, 6) is -0.571. The maximum absolute atomic E-state index is 10.6. The first-order valence-electron chi connectivity index (χ1n) is 4.10. The van der Waals surface area contributed by atoms with Gasteiger partial charge in [-0.1, -0.05) is 19.8 Å². The van der Waals surface area contributed by atoms with Crippen LogP contribution in [0.15, 0.2) is 0 Å². The van der Waals surface area contributed by atoms with Crippen molar-refractivity contribution in [3.8, 4) is 0 Å². The second kappa shape index (κ2) is 6.64. The largest absolute Gasteiger partial charge is 0.454 e. The van der Waals surface area contributed by atoms with Gasteiger partial charge >= 0.3 is 0 Å². The van der Waals surface area contributed by atoms with Crippen molar-refractivity contribution in [1.82, 2.24) is 0 Å². The van der Waals surface area contributed by atoms with E-state index in [1.165, 1.54) is 0 Å². The Hall–Kier alpha value is -1.06. The number of amides is 1. The second-order valence-electron chi connectivity index (χ2n) is 2.62. The molecule has 0 saturated carbocycles. The van der Waals surface area contributed by atoms with Crippen molar-refractivity contribution < 1.29 is 14.3 Å². The summed E-state index contributed by atoms with van der Waals surface area (Å²) in [5.41, 5.74) is 4.98. The number of hydrogen-bond acceptors (Lipinski definition) is 3. The molecule has 0 aliphatic carbocycles. The van der Waals surface area contributed by atoms with Crippen LogP contribution in [0.1, 0.15) is 32.6 Å². The molecule has 0 aliphatic heterocycles. The van der Waals surface area contributed by atoms with Crippen LogP contribution in [0, 0.1) is 0 Å². The molecule has 0 bridgehead atoms. The molecule has 0 rings (SSSR count). The molecule has 12 heavy (non-hydrogen) atoms. The van der Waals surface area contributed by atoms with Gasteiger partial charge in [0, 0.05) is 0 Å².